The standard InChI is InChI=1S/C13H22N4O3/c1-10-6-17(8-13(19-10)4-5-18-9-13)7-11-14-12(15-20-11)16(2)3/h10H,4-9H2,1-3H3/t10-,13-/m0/s1. The lowest BCUT2D eigenvalue weighted by Crippen LogP contribution is -2.55. The zero-order valence-corrected chi connectivity index (χ0v) is 12.3. The fourth-order valence-electron chi connectivity index (χ4n) is 2.95. The van der Waals surface area contributed by atoms with Gasteiger partial charge < -0.3 is 18.9 Å². The van der Waals surface area contributed by atoms with E-state index in [4.69, 9.17) is 14.0 Å². The van der Waals surface area contributed by atoms with E-state index in [9.17, 15) is 0 Å². The minimum Gasteiger partial charge on any atom is -0.378 e. The van der Waals surface area contributed by atoms with E-state index in [1.807, 2.05) is 19.0 Å². The van der Waals surface area contributed by atoms with Crippen molar-refractivity contribution in [2.24, 2.45) is 0 Å². The van der Waals surface area contributed by atoms with E-state index in [2.05, 4.69) is 22.0 Å². The number of rotatable bonds is 3. The van der Waals surface area contributed by atoms with Gasteiger partial charge in [0, 0.05) is 40.2 Å². The molecule has 0 N–H and O–H groups in total. The second kappa shape index (κ2) is 5.31. The van der Waals surface area contributed by atoms with Gasteiger partial charge in [0.25, 0.3) is 5.95 Å². The van der Waals surface area contributed by atoms with Crippen molar-refractivity contribution in [2.75, 3.05) is 45.3 Å². The average molecular weight is 282 g/mol. The Hall–Kier alpha value is -1.18. The molecule has 0 amide bonds. The number of nitrogens with zero attached hydrogens (tertiary/aromatic N) is 4. The van der Waals surface area contributed by atoms with E-state index >= 15 is 0 Å². The van der Waals surface area contributed by atoms with E-state index in [1.54, 1.807) is 0 Å². The van der Waals surface area contributed by atoms with Crippen LogP contribution in [0.3, 0.4) is 0 Å². The van der Waals surface area contributed by atoms with E-state index in [0.29, 0.717) is 25.0 Å². The molecule has 2 saturated heterocycles. The topological polar surface area (TPSA) is 63.9 Å². The van der Waals surface area contributed by atoms with Crippen LogP contribution >= 0.6 is 0 Å². The second-order valence-electron chi connectivity index (χ2n) is 5.97. The van der Waals surface area contributed by atoms with Gasteiger partial charge in [-0.2, -0.15) is 4.98 Å². The molecule has 0 bridgehead atoms. The Bertz CT molecular complexity index is 456. The molecule has 2 aliphatic rings. The Morgan fingerprint density at radius 1 is 1.45 bits per heavy atom. The molecule has 2 aliphatic heterocycles. The van der Waals surface area contributed by atoms with Crippen LogP contribution in [-0.4, -0.2) is 67.1 Å². The highest BCUT2D eigenvalue weighted by molar-refractivity contribution is 5.23. The van der Waals surface area contributed by atoms with Crippen LogP contribution in [0.15, 0.2) is 4.52 Å². The van der Waals surface area contributed by atoms with Crippen molar-refractivity contribution in [1.29, 1.82) is 0 Å². The first-order valence-corrected chi connectivity index (χ1v) is 7.04. The minimum atomic E-state index is -0.151. The lowest BCUT2D eigenvalue weighted by Gasteiger charge is -2.42. The van der Waals surface area contributed by atoms with E-state index < -0.39 is 0 Å². The molecule has 2 atom stereocenters. The van der Waals surface area contributed by atoms with Gasteiger partial charge >= 0.3 is 0 Å². The van der Waals surface area contributed by atoms with Crippen LogP contribution < -0.4 is 4.90 Å². The van der Waals surface area contributed by atoms with Gasteiger partial charge in [0.15, 0.2) is 0 Å². The van der Waals surface area contributed by atoms with Crippen LogP contribution in [-0.2, 0) is 16.0 Å². The summed E-state index contributed by atoms with van der Waals surface area (Å²) in [6.45, 7) is 5.96. The number of ether oxygens (including phenoxy) is 2. The molecule has 7 heteroatoms. The summed E-state index contributed by atoms with van der Waals surface area (Å²) >= 11 is 0. The van der Waals surface area contributed by atoms with Gasteiger partial charge in [-0.05, 0) is 12.1 Å². The van der Waals surface area contributed by atoms with Gasteiger partial charge in [0.1, 0.15) is 5.60 Å². The van der Waals surface area contributed by atoms with Crippen molar-refractivity contribution in [2.45, 2.75) is 31.6 Å². The smallest absolute Gasteiger partial charge is 0.265 e. The summed E-state index contributed by atoms with van der Waals surface area (Å²) in [4.78, 5) is 8.53. The van der Waals surface area contributed by atoms with Crippen molar-refractivity contribution < 1.29 is 14.0 Å². The molecule has 3 heterocycles. The van der Waals surface area contributed by atoms with E-state index in [1.165, 1.54) is 0 Å². The summed E-state index contributed by atoms with van der Waals surface area (Å²) in [5, 5.41) is 3.95. The summed E-state index contributed by atoms with van der Waals surface area (Å²) in [5.41, 5.74) is -0.151. The summed E-state index contributed by atoms with van der Waals surface area (Å²) in [7, 11) is 3.80. The number of aromatic nitrogens is 2. The third-order valence-electron chi connectivity index (χ3n) is 3.76. The van der Waals surface area contributed by atoms with Crippen molar-refractivity contribution in [1.82, 2.24) is 15.0 Å². The largest absolute Gasteiger partial charge is 0.378 e. The third-order valence-corrected chi connectivity index (χ3v) is 3.76. The Balaban J connectivity index is 1.66. The van der Waals surface area contributed by atoms with Gasteiger partial charge in [-0.15, -0.1) is 0 Å². The van der Waals surface area contributed by atoms with Crippen molar-refractivity contribution >= 4 is 5.95 Å². The predicted molar refractivity (Wildman–Crippen MR) is 72.6 cm³/mol. The molecule has 0 radical (unpaired) electrons. The molecule has 1 aromatic rings. The van der Waals surface area contributed by atoms with Crippen molar-refractivity contribution in [3.05, 3.63) is 5.89 Å². The maximum Gasteiger partial charge on any atom is 0.265 e. The zero-order chi connectivity index (χ0) is 14.2. The maximum absolute atomic E-state index is 6.10. The first-order chi connectivity index (χ1) is 9.56. The summed E-state index contributed by atoms with van der Waals surface area (Å²) in [5.74, 6) is 1.26. The quantitative estimate of drug-likeness (QED) is 0.800. The van der Waals surface area contributed by atoms with Crippen LogP contribution in [0.5, 0.6) is 0 Å². The zero-order valence-electron chi connectivity index (χ0n) is 12.3. The number of hydrogen-bond acceptors (Lipinski definition) is 7. The summed E-state index contributed by atoms with van der Waals surface area (Å²) in [6, 6.07) is 0. The highest BCUT2D eigenvalue weighted by Gasteiger charge is 2.42. The Kier molecular flexibility index (Phi) is 3.66. The fourth-order valence-corrected chi connectivity index (χ4v) is 2.95. The van der Waals surface area contributed by atoms with Gasteiger partial charge in [-0.25, -0.2) is 0 Å². The highest BCUT2D eigenvalue weighted by Crippen LogP contribution is 2.30. The van der Waals surface area contributed by atoms with Crippen molar-refractivity contribution in [3.8, 4) is 0 Å². The molecule has 0 aliphatic carbocycles. The molecule has 3 rings (SSSR count). The molecule has 0 saturated carbocycles. The lowest BCUT2D eigenvalue weighted by atomic mass is 9.99. The summed E-state index contributed by atoms with van der Waals surface area (Å²) in [6.07, 6.45) is 1.15. The first-order valence-electron chi connectivity index (χ1n) is 7.04. The maximum atomic E-state index is 6.10. The monoisotopic (exact) mass is 282 g/mol. The second-order valence-corrected chi connectivity index (χ2v) is 5.97. The predicted octanol–water partition coefficient (Wildman–Crippen LogP) is 0.515. The van der Waals surface area contributed by atoms with E-state index in [-0.39, 0.29) is 11.7 Å². The van der Waals surface area contributed by atoms with Crippen LogP contribution in [0.4, 0.5) is 5.95 Å². The van der Waals surface area contributed by atoms with Crippen LogP contribution in [0.25, 0.3) is 0 Å². The molecule has 20 heavy (non-hydrogen) atoms. The number of morpholine rings is 1. The first kappa shape index (κ1) is 13.8. The van der Waals surface area contributed by atoms with Gasteiger partial charge in [0.2, 0.25) is 5.89 Å². The molecule has 0 aromatic carbocycles. The van der Waals surface area contributed by atoms with Crippen LogP contribution in [0, 0.1) is 0 Å². The molecule has 2 fully saturated rings. The van der Waals surface area contributed by atoms with Gasteiger partial charge in [-0.1, -0.05) is 0 Å². The fraction of sp³-hybridized carbons (Fsp3) is 0.846. The van der Waals surface area contributed by atoms with Gasteiger partial charge in [0.05, 0.1) is 19.3 Å². The Morgan fingerprint density at radius 3 is 2.95 bits per heavy atom. The summed E-state index contributed by atoms with van der Waals surface area (Å²) < 4.78 is 16.9. The molecule has 7 nitrogen and oxygen atoms in total. The normalized spacial score (nSPS) is 31.1. The highest BCUT2D eigenvalue weighted by atomic mass is 16.6. The lowest BCUT2D eigenvalue weighted by molar-refractivity contribution is -0.150. The van der Waals surface area contributed by atoms with Crippen LogP contribution in [0.1, 0.15) is 19.2 Å². The Labute approximate surface area is 118 Å². The molecule has 0 unspecified atom stereocenters. The average Bonchev–Trinajstić information content (AvgIpc) is 2.98. The number of anilines is 1. The minimum absolute atomic E-state index is 0.151. The molecule has 112 valence electrons. The number of hydrogen-bond donors (Lipinski definition) is 0. The van der Waals surface area contributed by atoms with Crippen molar-refractivity contribution in [3.63, 3.8) is 0 Å². The van der Waals surface area contributed by atoms with Crippen LogP contribution in [0.2, 0.25) is 0 Å². The third kappa shape index (κ3) is 2.79. The Morgan fingerprint density at radius 2 is 2.30 bits per heavy atom. The molecule has 1 aromatic heterocycles. The van der Waals surface area contributed by atoms with E-state index in [0.717, 1.165) is 26.1 Å². The molecular formula is C13H22N4O3. The molecule has 1 spiro atoms. The SMILES string of the molecule is C[C@H]1CN(Cc2nc(N(C)C)no2)C[C@]2(CCOC2)O1. The van der Waals surface area contributed by atoms with Gasteiger partial charge in [-0.3, -0.25) is 4.90 Å². The molecular weight excluding hydrogens is 260 g/mol.